The van der Waals surface area contributed by atoms with Crippen molar-refractivity contribution in [1.82, 2.24) is 4.90 Å². The summed E-state index contributed by atoms with van der Waals surface area (Å²) >= 11 is 0. The first kappa shape index (κ1) is 16.8. The van der Waals surface area contributed by atoms with Gasteiger partial charge in [-0.3, -0.25) is 4.79 Å². The normalized spacial score (nSPS) is 38.5. The van der Waals surface area contributed by atoms with Crippen LogP contribution in [-0.2, 0) is 14.3 Å². The van der Waals surface area contributed by atoms with Gasteiger partial charge in [-0.2, -0.15) is 0 Å². The number of carbonyl (C=O) groups is 1. The van der Waals surface area contributed by atoms with Gasteiger partial charge >= 0.3 is 0 Å². The van der Waals surface area contributed by atoms with Crippen LogP contribution in [0, 0.1) is 17.8 Å². The topological polar surface area (TPSA) is 38.8 Å². The highest BCUT2D eigenvalue weighted by Crippen LogP contribution is 2.33. The summed E-state index contributed by atoms with van der Waals surface area (Å²) in [5.41, 5.74) is 0. The third-order valence-corrected chi connectivity index (χ3v) is 5.18. The van der Waals surface area contributed by atoms with E-state index in [1.807, 2.05) is 0 Å². The lowest BCUT2D eigenvalue weighted by Crippen LogP contribution is -2.43. The second-order valence-corrected chi connectivity index (χ2v) is 7.17. The Kier molecular flexibility index (Phi) is 5.67. The zero-order chi connectivity index (χ0) is 15.6. The van der Waals surface area contributed by atoms with E-state index < -0.39 is 0 Å². The molecule has 4 nitrogen and oxygen atoms in total. The maximum absolute atomic E-state index is 12.9. The van der Waals surface area contributed by atoms with E-state index in [9.17, 15) is 4.79 Å². The van der Waals surface area contributed by atoms with Crippen LogP contribution < -0.4 is 0 Å². The minimum Gasteiger partial charge on any atom is -0.384 e. The van der Waals surface area contributed by atoms with E-state index in [4.69, 9.17) is 9.47 Å². The average Bonchev–Trinajstić information content (AvgIpc) is 2.77. The molecule has 2 rings (SSSR count). The maximum Gasteiger partial charge on any atom is 0.225 e. The molecule has 0 N–H and O–H groups in total. The van der Waals surface area contributed by atoms with E-state index in [1.165, 1.54) is 0 Å². The lowest BCUT2D eigenvalue weighted by atomic mass is 9.82. The van der Waals surface area contributed by atoms with Gasteiger partial charge < -0.3 is 14.4 Å². The van der Waals surface area contributed by atoms with Crippen molar-refractivity contribution in [2.75, 3.05) is 20.3 Å². The van der Waals surface area contributed by atoms with E-state index in [-0.39, 0.29) is 18.1 Å². The Morgan fingerprint density at radius 3 is 2.43 bits per heavy atom. The Morgan fingerprint density at radius 2 is 1.86 bits per heavy atom. The third-order valence-electron chi connectivity index (χ3n) is 5.18. The van der Waals surface area contributed by atoms with Crippen molar-refractivity contribution in [3.05, 3.63) is 0 Å². The third kappa shape index (κ3) is 3.98. The van der Waals surface area contributed by atoms with Crippen LogP contribution in [0.25, 0.3) is 0 Å². The molecule has 1 amide bonds. The first-order valence-corrected chi connectivity index (χ1v) is 8.37. The van der Waals surface area contributed by atoms with E-state index in [0.29, 0.717) is 23.8 Å². The van der Waals surface area contributed by atoms with Crippen LogP contribution in [0.2, 0.25) is 0 Å². The molecule has 2 aliphatic heterocycles. The number of methoxy groups -OCH3 is 1. The summed E-state index contributed by atoms with van der Waals surface area (Å²) in [5.74, 6) is 1.37. The zero-order valence-corrected chi connectivity index (χ0v) is 14.2. The smallest absolute Gasteiger partial charge is 0.225 e. The van der Waals surface area contributed by atoms with Crippen molar-refractivity contribution in [2.45, 2.75) is 65.2 Å². The average molecular weight is 297 g/mol. The fourth-order valence-electron chi connectivity index (χ4n) is 4.13. The molecule has 21 heavy (non-hydrogen) atoms. The van der Waals surface area contributed by atoms with Crippen LogP contribution in [-0.4, -0.2) is 49.3 Å². The molecule has 0 aromatic heterocycles. The van der Waals surface area contributed by atoms with Crippen molar-refractivity contribution in [3.8, 4) is 0 Å². The van der Waals surface area contributed by atoms with Gasteiger partial charge in [0.05, 0.1) is 18.8 Å². The van der Waals surface area contributed by atoms with Crippen LogP contribution in [0.1, 0.15) is 47.0 Å². The molecular formula is C17H31NO3. The van der Waals surface area contributed by atoms with Gasteiger partial charge in [0, 0.05) is 31.5 Å². The summed E-state index contributed by atoms with van der Waals surface area (Å²) in [6.07, 6.45) is 3.60. The molecule has 0 bridgehead atoms. The first-order valence-electron chi connectivity index (χ1n) is 8.37. The van der Waals surface area contributed by atoms with Crippen molar-refractivity contribution in [2.24, 2.45) is 17.8 Å². The van der Waals surface area contributed by atoms with Crippen LogP contribution in [0.15, 0.2) is 0 Å². The van der Waals surface area contributed by atoms with Crippen LogP contribution in [0.5, 0.6) is 0 Å². The maximum atomic E-state index is 12.9. The number of carbonyl (C=O) groups excluding carboxylic acids is 1. The minimum absolute atomic E-state index is 0.0996. The summed E-state index contributed by atoms with van der Waals surface area (Å²) in [7, 11) is 1.74. The molecule has 0 aromatic rings. The zero-order valence-electron chi connectivity index (χ0n) is 14.2. The number of hydrogen-bond acceptors (Lipinski definition) is 3. The van der Waals surface area contributed by atoms with Gasteiger partial charge in [0.25, 0.3) is 0 Å². The highest BCUT2D eigenvalue weighted by Gasteiger charge is 2.38. The Hall–Kier alpha value is -0.610. The van der Waals surface area contributed by atoms with Gasteiger partial charge in [0.2, 0.25) is 5.91 Å². The SMILES string of the molecule is COCC1C[C@@H](C)N(C(=O)C(C)C2CC(C)OC(C)C2)C1. The van der Waals surface area contributed by atoms with Gasteiger partial charge in [-0.05, 0) is 46.0 Å². The molecule has 122 valence electrons. The van der Waals surface area contributed by atoms with E-state index in [1.54, 1.807) is 7.11 Å². The van der Waals surface area contributed by atoms with Gasteiger partial charge in [0.15, 0.2) is 0 Å². The Labute approximate surface area is 129 Å². The number of rotatable bonds is 4. The first-order chi connectivity index (χ1) is 9.92. The lowest BCUT2D eigenvalue weighted by Gasteiger charge is -2.36. The summed E-state index contributed by atoms with van der Waals surface area (Å²) < 4.78 is 11.1. The van der Waals surface area contributed by atoms with Crippen molar-refractivity contribution < 1.29 is 14.3 Å². The van der Waals surface area contributed by atoms with Gasteiger partial charge in [-0.25, -0.2) is 0 Å². The highest BCUT2D eigenvalue weighted by atomic mass is 16.5. The molecule has 2 heterocycles. The molecule has 0 spiro atoms. The van der Waals surface area contributed by atoms with Crippen LogP contribution in [0.3, 0.4) is 0 Å². The van der Waals surface area contributed by atoms with Gasteiger partial charge in [-0.1, -0.05) is 6.92 Å². The van der Waals surface area contributed by atoms with Crippen molar-refractivity contribution in [1.29, 1.82) is 0 Å². The number of ether oxygens (including phenoxy) is 2. The fraction of sp³-hybridized carbons (Fsp3) is 0.941. The lowest BCUT2D eigenvalue weighted by molar-refractivity contribution is -0.140. The second-order valence-electron chi connectivity index (χ2n) is 7.17. The van der Waals surface area contributed by atoms with Gasteiger partial charge in [0.1, 0.15) is 0 Å². The Morgan fingerprint density at radius 1 is 1.24 bits per heavy atom. The predicted octanol–water partition coefficient (Wildman–Crippen LogP) is 2.71. The number of likely N-dealkylation sites (tertiary alicyclic amines) is 1. The number of amides is 1. The van der Waals surface area contributed by atoms with E-state index in [2.05, 4.69) is 32.6 Å². The van der Waals surface area contributed by atoms with Gasteiger partial charge in [-0.15, -0.1) is 0 Å². The van der Waals surface area contributed by atoms with Crippen LogP contribution in [0.4, 0.5) is 0 Å². The summed E-state index contributed by atoms with van der Waals surface area (Å²) in [6.45, 7) is 10.1. The monoisotopic (exact) mass is 297 g/mol. The largest absolute Gasteiger partial charge is 0.384 e. The van der Waals surface area contributed by atoms with E-state index >= 15 is 0 Å². The minimum atomic E-state index is 0.0996. The molecule has 0 aliphatic carbocycles. The molecule has 0 aromatic carbocycles. The Bertz CT molecular complexity index is 350. The molecule has 0 saturated carbocycles. The molecule has 4 heteroatoms. The summed E-state index contributed by atoms with van der Waals surface area (Å²) in [6, 6.07) is 0.342. The molecule has 5 atom stereocenters. The molecule has 0 radical (unpaired) electrons. The molecular weight excluding hydrogens is 266 g/mol. The summed E-state index contributed by atoms with van der Waals surface area (Å²) in [5, 5.41) is 0. The predicted molar refractivity (Wildman–Crippen MR) is 83.1 cm³/mol. The molecule has 4 unspecified atom stereocenters. The van der Waals surface area contributed by atoms with E-state index in [0.717, 1.165) is 32.4 Å². The fourth-order valence-corrected chi connectivity index (χ4v) is 4.13. The second kappa shape index (κ2) is 7.10. The highest BCUT2D eigenvalue weighted by molar-refractivity contribution is 5.79. The molecule has 2 fully saturated rings. The standard InChI is InChI=1S/C17H31NO3/c1-11-6-15(10-20-5)9-18(11)17(19)14(4)16-7-12(2)21-13(3)8-16/h11-16H,6-10H2,1-5H3/t11-,12?,13?,14?,15?,16?/m1/s1. The van der Waals surface area contributed by atoms with Crippen LogP contribution >= 0.6 is 0 Å². The quantitative estimate of drug-likeness (QED) is 0.801. The summed E-state index contributed by atoms with van der Waals surface area (Å²) in [4.78, 5) is 14.9. The number of nitrogens with zero attached hydrogens (tertiary/aromatic N) is 1. The molecule has 2 aliphatic rings. The number of hydrogen-bond donors (Lipinski definition) is 0. The van der Waals surface area contributed by atoms with Crippen molar-refractivity contribution in [3.63, 3.8) is 0 Å². The Balaban J connectivity index is 1.95. The van der Waals surface area contributed by atoms with Crippen molar-refractivity contribution >= 4 is 5.91 Å². The molecule has 2 saturated heterocycles.